The number of benzene rings is 4. The van der Waals surface area contributed by atoms with Crippen LogP contribution in [0.5, 0.6) is 0 Å². The van der Waals surface area contributed by atoms with Gasteiger partial charge in [0.05, 0.1) is 0 Å². The second-order valence-corrected chi connectivity index (χ2v) is 8.89. The van der Waals surface area contributed by atoms with Crippen LogP contribution in [0.4, 0.5) is 0 Å². The van der Waals surface area contributed by atoms with Gasteiger partial charge in [-0.25, -0.2) is 0 Å². The summed E-state index contributed by atoms with van der Waals surface area (Å²) >= 11 is 11.8. The molecule has 0 aliphatic heterocycles. The molecule has 0 atom stereocenters. The van der Waals surface area contributed by atoms with Crippen LogP contribution in [0.1, 0.15) is 22.3 Å². The van der Waals surface area contributed by atoms with Gasteiger partial charge in [-0.3, -0.25) is 0 Å². The second kappa shape index (κ2) is 21.0. The minimum Gasteiger partial charge on any atom is -0.169 e. The Morgan fingerprint density at radius 2 is 0.700 bits per heavy atom. The molecule has 194 valence electrons. The van der Waals surface area contributed by atoms with Gasteiger partial charge in [0.25, 0.3) is 0 Å². The van der Waals surface area contributed by atoms with Crippen molar-refractivity contribution in [1.29, 1.82) is 0 Å². The van der Waals surface area contributed by atoms with Crippen LogP contribution < -0.4 is 59.1 Å². The van der Waals surface area contributed by atoms with E-state index in [1.807, 2.05) is 36.4 Å². The van der Waals surface area contributed by atoms with Crippen molar-refractivity contribution in [1.82, 2.24) is 0 Å². The molecule has 6 nitrogen and oxygen atoms in total. The SMILES string of the molecule is Clc1[c-]cc(C=Cc2ccc(-c3ccc(C=Cc4c[c-]c(Cl)cc4)cc3)cc2)cc1.O=S(=O)=O.O=S(=O)=O.[Na+].[Na+]. The minimum absolute atomic E-state index is 0. The molecule has 4 rings (SSSR count). The molecule has 0 unspecified atom stereocenters. The Balaban J connectivity index is 0.00000135. The molecular formula is C28H18Cl2Na2O6S2. The first-order chi connectivity index (χ1) is 18.1. The van der Waals surface area contributed by atoms with Crippen LogP contribution in [-0.4, -0.2) is 25.3 Å². The first-order valence-electron chi connectivity index (χ1n) is 10.6. The molecule has 4 aromatic rings. The zero-order valence-electron chi connectivity index (χ0n) is 21.4. The third-order valence-electron chi connectivity index (χ3n) is 4.69. The van der Waals surface area contributed by atoms with Gasteiger partial charge in [-0.1, -0.05) is 70.7 Å². The summed E-state index contributed by atoms with van der Waals surface area (Å²) in [4.78, 5) is 0. The molecular weight excluding hydrogens is 613 g/mol. The van der Waals surface area contributed by atoms with Gasteiger partial charge in [-0.2, -0.15) is 48.5 Å². The van der Waals surface area contributed by atoms with Crippen molar-refractivity contribution in [2.24, 2.45) is 0 Å². The smallest absolute Gasteiger partial charge is 0.169 e. The zero-order valence-corrected chi connectivity index (χ0v) is 28.6. The van der Waals surface area contributed by atoms with Crippen molar-refractivity contribution in [3.63, 3.8) is 0 Å². The van der Waals surface area contributed by atoms with E-state index in [-0.39, 0.29) is 59.1 Å². The van der Waals surface area contributed by atoms with Crippen LogP contribution in [0.3, 0.4) is 0 Å². The largest absolute Gasteiger partial charge is 1.00 e. The van der Waals surface area contributed by atoms with Crippen molar-refractivity contribution >= 4 is 68.7 Å². The molecule has 0 fully saturated rings. The predicted octanol–water partition coefficient (Wildman–Crippen LogP) is 0.601. The third kappa shape index (κ3) is 16.4. The molecule has 0 aliphatic rings. The molecule has 0 spiro atoms. The summed E-state index contributed by atoms with van der Waals surface area (Å²) in [5.74, 6) is 0. The summed E-state index contributed by atoms with van der Waals surface area (Å²) in [6.07, 6.45) is 8.29. The van der Waals surface area contributed by atoms with E-state index in [4.69, 9.17) is 48.5 Å². The summed E-state index contributed by atoms with van der Waals surface area (Å²) in [6.45, 7) is 0. The van der Waals surface area contributed by atoms with Crippen LogP contribution in [0.25, 0.3) is 35.4 Å². The van der Waals surface area contributed by atoms with Gasteiger partial charge in [0.15, 0.2) is 0 Å². The second-order valence-electron chi connectivity index (χ2n) is 7.26. The average molecular weight is 631 g/mol. The van der Waals surface area contributed by atoms with Crippen LogP contribution >= 0.6 is 23.2 Å². The van der Waals surface area contributed by atoms with Crippen LogP contribution in [0, 0.1) is 12.1 Å². The third-order valence-corrected chi connectivity index (χ3v) is 5.16. The van der Waals surface area contributed by atoms with Crippen molar-refractivity contribution in [3.05, 3.63) is 129 Å². The number of hydrogen-bond acceptors (Lipinski definition) is 6. The first kappa shape index (κ1) is 38.2. The fraction of sp³-hybridized carbons (Fsp3) is 0. The van der Waals surface area contributed by atoms with Gasteiger partial charge in [0, 0.05) is 0 Å². The molecule has 0 heterocycles. The summed E-state index contributed by atoms with van der Waals surface area (Å²) in [7, 11) is -6.22. The Morgan fingerprint density at radius 3 is 0.950 bits per heavy atom. The average Bonchev–Trinajstić information content (AvgIpc) is 2.88. The van der Waals surface area contributed by atoms with E-state index in [1.165, 1.54) is 11.1 Å². The standard InChI is InChI=1S/C28H18Cl2.2Na.2O3S/c29-27-17-9-23(10-18-27)3-1-21-5-13-25(14-6-21)26-15-7-22(8-16-26)2-4-24-11-19-28(30)20-12-24;;;2*1-4(2)3/h1-17,19H;;;;/q-2;2*+1;;. The van der Waals surface area contributed by atoms with E-state index in [0.29, 0.717) is 10.0 Å². The van der Waals surface area contributed by atoms with Crippen LogP contribution in [-0.2, 0) is 21.2 Å². The summed E-state index contributed by atoms with van der Waals surface area (Å²) in [6, 6.07) is 34.4. The molecule has 40 heavy (non-hydrogen) atoms. The molecule has 0 saturated carbocycles. The summed E-state index contributed by atoms with van der Waals surface area (Å²) in [5, 5.41) is 1.25. The molecule has 0 N–H and O–H groups in total. The summed E-state index contributed by atoms with van der Waals surface area (Å²) < 4.78 is 50.7. The quantitative estimate of drug-likeness (QED) is 0.182. The molecule has 0 bridgehead atoms. The fourth-order valence-corrected chi connectivity index (χ4v) is 3.24. The first-order valence-corrected chi connectivity index (χ1v) is 13.3. The van der Waals surface area contributed by atoms with Crippen molar-refractivity contribution in [3.8, 4) is 11.1 Å². The molecule has 0 aromatic heterocycles. The maximum atomic E-state index is 8.44. The van der Waals surface area contributed by atoms with Gasteiger partial charge in [0.1, 0.15) is 0 Å². The van der Waals surface area contributed by atoms with Gasteiger partial charge in [-0.15, -0.1) is 71.7 Å². The van der Waals surface area contributed by atoms with Gasteiger partial charge < -0.3 is 0 Å². The summed E-state index contributed by atoms with van der Waals surface area (Å²) in [5.41, 5.74) is 6.82. The Bertz CT molecular complexity index is 1470. The molecule has 0 saturated heterocycles. The Hall–Kier alpha value is -1.82. The van der Waals surface area contributed by atoms with Gasteiger partial charge in [-0.05, 0) is 22.3 Å². The van der Waals surface area contributed by atoms with Gasteiger partial charge in [0.2, 0.25) is 0 Å². The topological polar surface area (TPSA) is 102 Å². The van der Waals surface area contributed by atoms with E-state index in [2.05, 4.69) is 85.0 Å². The van der Waals surface area contributed by atoms with Crippen molar-refractivity contribution in [2.45, 2.75) is 0 Å². The van der Waals surface area contributed by atoms with E-state index in [0.717, 1.165) is 22.3 Å². The molecule has 0 aliphatic carbocycles. The molecule has 4 aromatic carbocycles. The van der Waals surface area contributed by atoms with Gasteiger partial charge >= 0.3 is 80.3 Å². The Kier molecular flexibility index (Phi) is 20.0. The predicted molar refractivity (Wildman–Crippen MR) is 150 cm³/mol. The number of halogens is 2. The number of rotatable bonds is 5. The maximum Gasteiger partial charge on any atom is 1.00 e. The molecule has 12 heteroatoms. The van der Waals surface area contributed by atoms with E-state index in [1.54, 1.807) is 0 Å². The van der Waals surface area contributed by atoms with E-state index < -0.39 is 21.2 Å². The van der Waals surface area contributed by atoms with Crippen LogP contribution in [0.15, 0.2) is 84.9 Å². The minimum atomic E-state index is -3.11. The van der Waals surface area contributed by atoms with E-state index >= 15 is 0 Å². The van der Waals surface area contributed by atoms with Crippen molar-refractivity contribution < 1.29 is 84.4 Å². The van der Waals surface area contributed by atoms with Crippen molar-refractivity contribution in [2.75, 3.05) is 0 Å². The number of hydrogen-bond donors (Lipinski definition) is 0. The van der Waals surface area contributed by atoms with Crippen LogP contribution in [0.2, 0.25) is 10.0 Å². The Labute approximate surface area is 290 Å². The van der Waals surface area contributed by atoms with E-state index in [9.17, 15) is 0 Å². The molecule has 0 radical (unpaired) electrons. The zero-order chi connectivity index (χ0) is 27.9. The molecule has 0 amide bonds. The monoisotopic (exact) mass is 630 g/mol. The maximum absolute atomic E-state index is 8.44. The fourth-order valence-electron chi connectivity index (χ4n) is 3.00. The normalized spacial score (nSPS) is 9.75. The Morgan fingerprint density at radius 1 is 0.450 bits per heavy atom.